The minimum atomic E-state index is -0.410. The topological polar surface area (TPSA) is 65.7 Å². The molecule has 0 amide bonds. The molecule has 0 radical (unpaired) electrons. The molecule has 5 nitrogen and oxygen atoms in total. The number of rotatable bonds is 8. The Labute approximate surface area is 174 Å². The molecule has 0 aliphatic heterocycles. The molecule has 0 fully saturated rings. The summed E-state index contributed by atoms with van der Waals surface area (Å²) in [5, 5.41) is 1.45. The van der Waals surface area contributed by atoms with E-state index < -0.39 is 5.63 Å². The van der Waals surface area contributed by atoms with Gasteiger partial charge in [0.15, 0.2) is 0 Å². The molecule has 3 rings (SSSR count). The summed E-state index contributed by atoms with van der Waals surface area (Å²) in [5.41, 5.74) is 2.62. The Bertz CT molecular complexity index is 1070. The molecule has 29 heavy (non-hydrogen) atoms. The summed E-state index contributed by atoms with van der Waals surface area (Å²) in [4.78, 5) is 23.7. The molecule has 0 bridgehead atoms. The van der Waals surface area contributed by atoms with Crippen LogP contribution in [0.3, 0.4) is 0 Å². The van der Waals surface area contributed by atoms with E-state index in [4.69, 9.17) is 25.5 Å². The maximum Gasteiger partial charge on any atom is 0.336 e. The van der Waals surface area contributed by atoms with Crippen molar-refractivity contribution >= 4 is 28.5 Å². The number of aryl methyl sites for hydroxylation is 2. The fourth-order valence-electron chi connectivity index (χ4n) is 3.03. The summed E-state index contributed by atoms with van der Waals surface area (Å²) in [7, 11) is 0. The van der Waals surface area contributed by atoms with Gasteiger partial charge >= 0.3 is 11.6 Å². The molecule has 2 aromatic carbocycles. The minimum absolute atomic E-state index is 0.245. The highest BCUT2D eigenvalue weighted by Crippen LogP contribution is 2.29. The van der Waals surface area contributed by atoms with Crippen molar-refractivity contribution in [2.24, 2.45) is 0 Å². The molecular formula is C23H23ClO5. The van der Waals surface area contributed by atoms with E-state index in [1.165, 1.54) is 6.07 Å². The van der Waals surface area contributed by atoms with Gasteiger partial charge < -0.3 is 13.9 Å². The van der Waals surface area contributed by atoms with Gasteiger partial charge in [-0.25, -0.2) is 4.79 Å². The van der Waals surface area contributed by atoms with Crippen LogP contribution in [0.1, 0.15) is 36.5 Å². The highest BCUT2D eigenvalue weighted by Gasteiger charge is 2.13. The van der Waals surface area contributed by atoms with Gasteiger partial charge in [-0.1, -0.05) is 30.7 Å². The first-order valence-electron chi connectivity index (χ1n) is 9.56. The van der Waals surface area contributed by atoms with Crippen molar-refractivity contribution in [2.45, 2.75) is 39.7 Å². The highest BCUT2D eigenvalue weighted by atomic mass is 35.5. The standard InChI is InChI=1S/C23H23ClO5/c1-3-9-27-22(25)8-7-17-12-19-15(2)10-23(26)29-21(19)13-20(17)28-14-16-5-4-6-18(24)11-16/h4-6,10-13H,3,7-9,14H2,1-2H3. The first kappa shape index (κ1) is 20.9. The predicted octanol–water partition coefficient (Wildman–Crippen LogP) is 5.22. The van der Waals surface area contributed by atoms with Crippen LogP contribution in [0.25, 0.3) is 11.0 Å². The SMILES string of the molecule is CCCOC(=O)CCc1cc2c(C)cc(=O)oc2cc1OCc1cccc(Cl)c1. The Balaban J connectivity index is 1.89. The Morgan fingerprint density at radius 1 is 1.17 bits per heavy atom. The Hall–Kier alpha value is -2.79. The molecule has 0 spiro atoms. The van der Waals surface area contributed by atoms with Crippen molar-refractivity contribution in [3.05, 3.63) is 74.6 Å². The van der Waals surface area contributed by atoms with E-state index in [2.05, 4.69) is 0 Å². The summed E-state index contributed by atoms with van der Waals surface area (Å²) in [6.07, 6.45) is 1.49. The second-order valence-electron chi connectivity index (χ2n) is 6.84. The number of ether oxygens (including phenoxy) is 2. The summed E-state index contributed by atoms with van der Waals surface area (Å²) in [5.74, 6) is 0.318. The maximum atomic E-state index is 11.9. The van der Waals surface area contributed by atoms with Gasteiger partial charge in [0, 0.05) is 29.0 Å². The van der Waals surface area contributed by atoms with Crippen LogP contribution >= 0.6 is 11.6 Å². The number of carbonyl (C=O) groups is 1. The third-order valence-electron chi connectivity index (χ3n) is 4.48. The number of esters is 1. The number of benzene rings is 2. The first-order chi connectivity index (χ1) is 14.0. The van der Waals surface area contributed by atoms with Gasteiger partial charge in [-0.15, -0.1) is 0 Å². The van der Waals surface area contributed by atoms with Crippen LogP contribution in [-0.2, 0) is 22.6 Å². The van der Waals surface area contributed by atoms with Gasteiger partial charge in [-0.05, 0) is 54.7 Å². The fraction of sp³-hybridized carbons (Fsp3) is 0.304. The average Bonchev–Trinajstić information content (AvgIpc) is 2.69. The van der Waals surface area contributed by atoms with E-state index in [-0.39, 0.29) is 12.4 Å². The van der Waals surface area contributed by atoms with Crippen LogP contribution in [-0.4, -0.2) is 12.6 Å². The Morgan fingerprint density at radius 2 is 2.00 bits per heavy atom. The van der Waals surface area contributed by atoms with Gasteiger partial charge in [0.05, 0.1) is 6.61 Å². The molecule has 0 aliphatic rings. The lowest BCUT2D eigenvalue weighted by molar-refractivity contribution is -0.143. The van der Waals surface area contributed by atoms with E-state index >= 15 is 0 Å². The quantitative estimate of drug-likeness (QED) is 0.373. The zero-order valence-corrected chi connectivity index (χ0v) is 17.3. The molecule has 0 atom stereocenters. The third kappa shape index (κ3) is 5.61. The Morgan fingerprint density at radius 3 is 2.76 bits per heavy atom. The number of hydrogen-bond donors (Lipinski definition) is 0. The van der Waals surface area contributed by atoms with E-state index in [1.54, 1.807) is 12.1 Å². The van der Waals surface area contributed by atoms with Crippen molar-refractivity contribution in [2.75, 3.05) is 6.61 Å². The minimum Gasteiger partial charge on any atom is -0.488 e. The molecule has 0 N–H and O–H groups in total. The molecule has 0 unspecified atom stereocenters. The smallest absolute Gasteiger partial charge is 0.336 e. The molecule has 0 saturated carbocycles. The second kappa shape index (κ2) is 9.61. The van der Waals surface area contributed by atoms with Crippen LogP contribution in [0, 0.1) is 6.92 Å². The summed E-state index contributed by atoms with van der Waals surface area (Å²) in [6.45, 7) is 4.52. The number of fused-ring (bicyclic) bond motifs is 1. The molecule has 3 aromatic rings. The number of carbonyl (C=O) groups excluding carboxylic acids is 1. The Kier molecular flexibility index (Phi) is 6.94. The molecule has 1 heterocycles. The van der Waals surface area contributed by atoms with E-state index in [9.17, 15) is 9.59 Å². The van der Waals surface area contributed by atoms with E-state index in [1.807, 2.05) is 38.1 Å². The monoisotopic (exact) mass is 414 g/mol. The fourth-order valence-corrected chi connectivity index (χ4v) is 3.25. The van der Waals surface area contributed by atoms with Crippen molar-refractivity contribution in [1.29, 1.82) is 0 Å². The first-order valence-corrected chi connectivity index (χ1v) is 9.94. The highest BCUT2D eigenvalue weighted by molar-refractivity contribution is 6.30. The van der Waals surface area contributed by atoms with Crippen LogP contribution < -0.4 is 10.4 Å². The molecule has 152 valence electrons. The average molecular weight is 415 g/mol. The van der Waals surface area contributed by atoms with Crippen molar-refractivity contribution < 1.29 is 18.7 Å². The van der Waals surface area contributed by atoms with Gasteiger partial charge in [-0.2, -0.15) is 0 Å². The maximum absolute atomic E-state index is 11.9. The molecular weight excluding hydrogens is 392 g/mol. The third-order valence-corrected chi connectivity index (χ3v) is 4.72. The molecule has 6 heteroatoms. The van der Waals surface area contributed by atoms with Crippen molar-refractivity contribution in [3.8, 4) is 5.75 Å². The van der Waals surface area contributed by atoms with Gasteiger partial charge in [0.1, 0.15) is 17.9 Å². The van der Waals surface area contributed by atoms with Gasteiger partial charge in [0.2, 0.25) is 0 Å². The summed E-state index contributed by atoms with van der Waals surface area (Å²) >= 11 is 6.04. The lowest BCUT2D eigenvalue weighted by Gasteiger charge is -2.14. The van der Waals surface area contributed by atoms with Crippen molar-refractivity contribution in [3.63, 3.8) is 0 Å². The second-order valence-corrected chi connectivity index (χ2v) is 7.28. The number of hydrogen-bond acceptors (Lipinski definition) is 5. The lowest BCUT2D eigenvalue weighted by Crippen LogP contribution is -2.08. The van der Waals surface area contributed by atoms with Crippen molar-refractivity contribution in [1.82, 2.24) is 0 Å². The van der Waals surface area contributed by atoms with E-state index in [0.29, 0.717) is 36.0 Å². The summed E-state index contributed by atoms with van der Waals surface area (Å²) < 4.78 is 16.5. The zero-order valence-electron chi connectivity index (χ0n) is 16.5. The summed E-state index contributed by atoms with van der Waals surface area (Å²) in [6, 6.07) is 12.5. The number of halogens is 1. The lowest BCUT2D eigenvalue weighted by atomic mass is 10.0. The predicted molar refractivity (Wildman–Crippen MR) is 113 cm³/mol. The molecule has 1 aromatic heterocycles. The van der Waals surface area contributed by atoms with Crippen LogP contribution in [0.15, 0.2) is 51.7 Å². The molecule has 0 aliphatic carbocycles. The zero-order chi connectivity index (χ0) is 20.8. The molecule has 0 saturated heterocycles. The van der Waals surface area contributed by atoms with Crippen LogP contribution in [0.2, 0.25) is 5.02 Å². The van der Waals surface area contributed by atoms with Gasteiger partial charge in [0.25, 0.3) is 0 Å². The normalized spacial score (nSPS) is 10.9. The van der Waals surface area contributed by atoms with Crippen LogP contribution in [0.5, 0.6) is 5.75 Å². The van der Waals surface area contributed by atoms with E-state index in [0.717, 1.165) is 28.5 Å². The van der Waals surface area contributed by atoms with Crippen LogP contribution in [0.4, 0.5) is 0 Å². The largest absolute Gasteiger partial charge is 0.488 e. The van der Waals surface area contributed by atoms with Gasteiger partial charge in [-0.3, -0.25) is 4.79 Å².